The molecule has 4 heterocycles. The third-order valence-electron chi connectivity index (χ3n) is 6.90. The predicted molar refractivity (Wildman–Crippen MR) is 112 cm³/mol. The number of pyridine rings is 2. The van der Waals surface area contributed by atoms with Gasteiger partial charge >= 0.3 is 0 Å². The van der Waals surface area contributed by atoms with Crippen LogP contribution in [0, 0.1) is 0 Å². The topological polar surface area (TPSA) is 96.7 Å². The van der Waals surface area contributed by atoms with E-state index in [-0.39, 0.29) is 17.4 Å². The lowest BCUT2D eigenvalue weighted by Gasteiger charge is -2.52. The van der Waals surface area contributed by atoms with Gasteiger partial charge in [0.25, 0.3) is 11.5 Å². The summed E-state index contributed by atoms with van der Waals surface area (Å²) in [6.07, 6.45) is 3.68. The molecule has 31 heavy (non-hydrogen) atoms. The SMILES string of the molecule is O=C(N[C@H]1CC[C@@H](F)CC1)c1c(O)c2cccnc2n(CCN2C3COCC2C3)c1=O. The number of alkyl halides is 1. The Morgan fingerprint density at radius 2 is 1.97 bits per heavy atom. The number of rotatable bonds is 5. The van der Waals surface area contributed by atoms with E-state index in [4.69, 9.17) is 4.74 Å². The summed E-state index contributed by atoms with van der Waals surface area (Å²) in [5, 5.41) is 14.0. The van der Waals surface area contributed by atoms with Gasteiger partial charge in [-0.05, 0) is 44.2 Å². The monoisotopic (exact) mass is 430 g/mol. The highest BCUT2D eigenvalue weighted by Gasteiger charge is 2.41. The van der Waals surface area contributed by atoms with Gasteiger partial charge in [0.15, 0.2) is 0 Å². The largest absolute Gasteiger partial charge is 0.506 e. The molecule has 1 amide bonds. The molecule has 5 rings (SSSR count). The van der Waals surface area contributed by atoms with Crippen LogP contribution in [0.4, 0.5) is 4.39 Å². The maximum absolute atomic E-state index is 13.4. The first kappa shape index (κ1) is 20.4. The third kappa shape index (κ3) is 3.70. The Morgan fingerprint density at radius 3 is 2.68 bits per heavy atom. The fourth-order valence-electron chi connectivity index (χ4n) is 5.12. The summed E-state index contributed by atoms with van der Waals surface area (Å²) in [4.78, 5) is 32.9. The zero-order valence-corrected chi connectivity index (χ0v) is 17.3. The van der Waals surface area contributed by atoms with Gasteiger partial charge in [-0.25, -0.2) is 9.37 Å². The van der Waals surface area contributed by atoms with Crippen molar-refractivity contribution in [3.8, 4) is 5.75 Å². The number of carbonyl (C=O) groups is 1. The van der Waals surface area contributed by atoms with E-state index in [9.17, 15) is 19.1 Å². The van der Waals surface area contributed by atoms with Crippen LogP contribution >= 0.6 is 0 Å². The smallest absolute Gasteiger partial charge is 0.268 e. The van der Waals surface area contributed by atoms with Crippen LogP contribution in [0.2, 0.25) is 0 Å². The number of halogens is 1. The first-order chi connectivity index (χ1) is 15.0. The summed E-state index contributed by atoms with van der Waals surface area (Å²) in [7, 11) is 0. The molecule has 2 aromatic heterocycles. The molecule has 1 aliphatic carbocycles. The van der Waals surface area contributed by atoms with Crippen LogP contribution in [0.3, 0.4) is 0 Å². The number of hydrogen-bond donors (Lipinski definition) is 2. The van der Waals surface area contributed by atoms with Crippen molar-refractivity contribution >= 4 is 16.9 Å². The lowest BCUT2D eigenvalue weighted by molar-refractivity contribution is -0.127. The molecule has 2 atom stereocenters. The summed E-state index contributed by atoms with van der Waals surface area (Å²) in [5.74, 6) is -0.964. The number of carbonyl (C=O) groups excluding carboxylic acids is 1. The maximum atomic E-state index is 13.4. The zero-order chi connectivity index (χ0) is 21.5. The lowest BCUT2D eigenvalue weighted by Crippen LogP contribution is -2.64. The third-order valence-corrected chi connectivity index (χ3v) is 6.90. The van der Waals surface area contributed by atoms with Crippen molar-refractivity contribution in [2.75, 3.05) is 19.8 Å². The molecule has 3 fully saturated rings. The second-order valence-corrected chi connectivity index (χ2v) is 8.80. The molecule has 0 spiro atoms. The molecule has 3 aliphatic rings. The number of nitrogens with zero attached hydrogens (tertiary/aromatic N) is 3. The molecule has 0 aromatic carbocycles. The van der Waals surface area contributed by atoms with E-state index in [1.807, 2.05) is 0 Å². The second-order valence-electron chi connectivity index (χ2n) is 8.80. The van der Waals surface area contributed by atoms with Gasteiger partial charge in [0.05, 0.1) is 18.6 Å². The summed E-state index contributed by atoms with van der Waals surface area (Å²) in [6, 6.07) is 3.87. The van der Waals surface area contributed by atoms with Crippen LogP contribution in [0.25, 0.3) is 11.0 Å². The Morgan fingerprint density at radius 1 is 1.23 bits per heavy atom. The molecule has 166 valence electrons. The summed E-state index contributed by atoms with van der Waals surface area (Å²) in [6.45, 7) is 2.42. The number of amides is 1. The molecule has 2 aromatic rings. The molecule has 2 N–H and O–H groups in total. The minimum Gasteiger partial charge on any atom is -0.506 e. The lowest BCUT2D eigenvalue weighted by atomic mass is 9.91. The highest BCUT2D eigenvalue weighted by Crippen LogP contribution is 2.31. The average Bonchev–Trinajstić information content (AvgIpc) is 2.78. The molecule has 9 heteroatoms. The fraction of sp³-hybridized carbons (Fsp3) is 0.591. The van der Waals surface area contributed by atoms with Gasteiger partial charge < -0.3 is 15.2 Å². The van der Waals surface area contributed by atoms with Gasteiger partial charge in [-0.3, -0.25) is 19.1 Å². The first-order valence-electron chi connectivity index (χ1n) is 11.0. The molecule has 8 nitrogen and oxygen atoms in total. The van der Waals surface area contributed by atoms with Crippen molar-refractivity contribution in [1.82, 2.24) is 19.8 Å². The van der Waals surface area contributed by atoms with E-state index in [1.54, 1.807) is 18.3 Å². The Hall–Kier alpha value is -2.52. The van der Waals surface area contributed by atoms with Crippen molar-refractivity contribution < 1.29 is 19.0 Å². The van der Waals surface area contributed by atoms with Gasteiger partial charge in [-0.2, -0.15) is 0 Å². The molecule has 2 unspecified atom stereocenters. The number of aromatic nitrogens is 2. The minimum absolute atomic E-state index is 0.197. The summed E-state index contributed by atoms with van der Waals surface area (Å²) < 4.78 is 20.4. The molecular formula is C22H27FN4O4. The summed E-state index contributed by atoms with van der Waals surface area (Å²) in [5.41, 5.74) is -0.460. The van der Waals surface area contributed by atoms with Gasteiger partial charge in [-0.1, -0.05) is 0 Å². The van der Waals surface area contributed by atoms with Crippen LogP contribution in [-0.4, -0.2) is 69.5 Å². The number of aromatic hydroxyl groups is 1. The van der Waals surface area contributed by atoms with Crippen molar-refractivity contribution in [3.05, 3.63) is 34.2 Å². The number of nitrogens with one attached hydrogen (secondary N) is 1. The van der Waals surface area contributed by atoms with E-state index >= 15 is 0 Å². The quantitative estimate of drug-likeness (QED) is 0.748. The van der Waals surface area contributed by atoms with E-state index < -0.39 is 17.6 Å². The Labute approximate surface area is 179 Å². The minimum atomic E-state index is -0.836. The highest BCUT2D eigenvalue weighted by atomic mass is 19.1. The fourth-order valence-corrected chi connectivity index (χ4v) is 5.12. The second kappa shape index (κ2) is 8.20. The highest BCUT2D eigenvalue weighted by molar-refractivity contribution is 6.01. The number of morpholine rings is 1. The molecular weight excluding hydrogens is 403 g/mol. The van der Waals surface area contributed by atoms with Crippen LogP contribution in [0.5, 0.6) is 5.75 Å². The zero-order valence-electron chi connectivity index (χ0n) is 17.3. The van der Waals surface area contributed by atoms with Gasteiger partial charge in [0, 0.05) is 37.4 Å². The van der Waals surface area contributed by atoms with Gasteiger partial charge in [0.1, 0.15) is 23.1 Å². The molecule has 1 saturated carbocycles. The van der Waals surface area contributed by atoms with Crippen molar-refractivity contribution in [2.45, 2.75) is 62.9 Å². The average molecular weight is 430 g/mol. The molecule has 0 radical (unpaired) electrons. The molecule has 2 bridgehead atoms. The molecule has 2 aliphatic heterocycles. The van der Waals surface area contributed by atoms with Crippen LogP contribution in [-0.2, 0) is 11.3 Å². The number of ether oxygens (including phenoxy) is 1. The van der Waals surface area contributed by atoms with Crippen molar-refractivity contribution in [3.63, 3.8) is 0 Å². The van der Waals surface area contributed by atoms with Crippen LogP contribution in [0.1, 0.15) is 42.5 Å². The van der Waals surface area contributed by atoms with E-state index in [2.05, 4.69) is 15.2 Å². The van der Waals surface area contributed by atoms with Gasteiger partial charge in [0.2, 0.25) is 0 Å². The maximum Gasteiger partial charge on any atom is 0.268 e. The van der Waals surface area contributed by atoms with Gasteiger partial charge in [-0.15, -0.1) is 0 Å². The van der Waals surface area contributed by atoms with Crippen LogP contribution in [0.15, 0.2) is 23.1 Å². The predicted octanol–water partition coefficient (Wildman–Crippen LogP) is 1.59. The molecule has 2 saturated heterocycles. The van der Waals surface area contributed by atoms with Crippen LogP contribution < -0.4 is 10.9 Å². The Bertz CT molecular complexity index is 1040. The van der Waals surface area contributed by atoms with Crippen molar-refractivity contribution in [2.24, 2.45) is 0 Å². The standard InChI is InChI=1S/C22H27FN4O4/c23-13-3-5-14(6-4-13)25-21(29)18-19(28)17-2-1-7-24-20(17)27(22(18)30)9-8-26-15-10-16(26)12-31-11-15/h1-2,7,13-16,28H,3-6,8-12H2,(H,25,29)/t13-,14+,15?,16?. The van der Waals surface area contributed by atoms with E-state index in [0.29, 0.717) is 75.1 Å². The van der Waals surface area contributed by atoms with E-state index in [0.717, 1.165) is 6.42 Å². The Kier molecular flexibility index (Phi) is 5.39. The normalized spacial score (nSPS) is 28.3. The Balaban J connectivity index is 1.44. The summed E-state index contributed by atoms with van der Waals surface area (Å²) >= 11 is 0. The van der Waals surface area contributed by atoms with E-state index in [1.165, 1.54) is 4.57 Å². The number of fused-ring (bicyclic) bond motifs is 3. The first-order valence-corrected chi connectivity index (χ1v) is 11.0. The number of hydrogen-bond acceptors (Lipinski definition) is 6. The van der Waals surface area contributed by atoms with Crippen molar-refractivity contribution in [1.29, 1.82) is 0 Å².